The number of carbonyl (C=O) groups excluding carboxylic acids is 2. The molecule has 0 aromatic heterocycles. The second-order valence-electron chi connectivity index (χ2n) is 6.54. The largest absolute Gasteiger partial charge is 0.493 e. The first kappa shape index (κ1) is 23.2. The Morgan fingerprint density at radius 2 is 1.57 bits per heavy atom. The van der Waals surface area contributed by atoms with Gasteiger partial charge < -0.3 is 20.1 Å². The second-order valence-corrected chi connectivity index (χ2v) is 8.58. The Morgan fingerprint density at radius 1 is 1.00 bits per heavy atom. The standard InChI is InChI=1S/C20H25N3O6S/c1-13-10-18(28-4)19(29-5)11-17(13)22-20(25)12-23(3)30(26,27)16-8-6-15(7-9-16)21-14(2)24/h6-11H,12H2,1-5H3,(H,21,24)(H,22,25). The summed E-state index contributed by atoms with van der Waals surface area (Å²) in [6.07, 6.45) is 0. The van der Waals surface area contributed by atoms with Crippen LogP contribution in [0.5, 0.6) is 11.5 Å². The number of hydrogen-bond donors (Lipinski definition) is 2. The average molecular weight is 436 g/mol. The summed E-state index contributed by atoms with van der Waals surface area (Å²) in [7, 11) is 0.422. The third kappa shape index (κ3) is 5.49. The van der Waals surface area contributed by atoms with E-state index in [-0.39, 0.29) is 17.3 Å². The Labute approximate surface area is 176 Å². The molecular formula is C20H25N3O6S. The number of methoxy groups -OCH3 is 2. The number of sulfonamides is 1. The van der Waals surface area contributed by atoms with Crippen LogP contribution in [0.2, 0.25) is 0 Å². The second kappa shape index (κ2) is 9.59. The van der Waals surface area contributed by atoms with E-state index in [2.05, 4.69) is 10.6 Å². The number of benzene rings is 2. The molecule has 10 heteroatoms. The normalized spacial score (nSPS) is 11.1. The van der Waals surface area contributed by atoms with Crippen LogP contribution in [0.3, 0.4) is 0 Å². The molecule has 0 saturated heterocycles. The van der Waals surface area contributed by atoms with Gasteiger partial charge in [0.1, 0.15) is 0 Å². The van der Waals surface area contributed by atoms with Crippen molar-refractivity contribution in [1.82, 2.24) is 4.31 Å². The SMILES string of the molecule is COc1cc(C)c(NC(=O)CN(C)S(=O)(=O)c2ccc(NC(C)=O)cc2)cc1OC. The van der Waals surface area contributed by atoms with E-state index >= 15 is 0 Å². The molecule has 0 heterocycles. The lowest BCUT2D eigenvalue weighted by molar-refractivity contribution is -0.116. The zero-order chi connectivity index (χ0) is 22.5. The van der Waals surface area contributed by atoms with E-state index in [0.29, 0.717) is 22.9 Å². The Balaban J connectivity index is 2.12. The molecule has 0 aliphatic heterocycles. The van der Waals surface area contributed by atoms with Crippen molar-refractivity contribution in [3.8, 4) is 11.5 Å². The van der Waals surface area contributed by atoms with E-state index in [4.69, 9.17) is 9.47 Å². The highest BCUT2D eigenvalue weighted by Gasteiger charge is 2.23. The van der Waals surface area contributed by atoms with Gasteiger partial charge in [-0.15, -0.1) is 0 Å². The summed E-state index contributed by atoms with van der Waals surface area (Å²) in [6.45, 7) is 2.76. The van der Waals surface area contributed by atoms with Crippen LogP contribution in [0, 0.1) is 6.92 Å². The van der Waals surface area contributed by atoms with Crippen molar-refractivity contribution >= 4 is 33.2 Å². The Morgan fingerprint density at radius 3 is 2.10 bits per heavy atom. The van der Waals surface area contributed by atoms with E-state index < -0.39 is 15.9 Å². The minimum atomic E-state index is -3.89. The van der Waals surface area contributed by atoms with Crippen LogP contribution in [0.4, 0.5) is 11.4 Å². The summed E-state index contributed by atoms with van der Waals surface area (Å²) < 4.78 is 36.9. The number of amides is 2. The Kier molecular flexibility index (Phi) is 7.41. The van der Waals surface area contributed by atoms with Gasteiger partial charge >= 0.3 is 0 Å². The van der Waals surface area contributed by atoms with E-state index in [1.54, 1.807) is 19.1 Å². The van der Waals surface area contributed by atoms with Crippen LogP contribution in [0.25, 0.3) is 0 Å². The monoisotopic (exact) mass is 435 g/mol. The van der Waals surface area contributed by atoms with Crippen molar-refractivity contribution in [3.63, 3.8) is 0 Å². The summed E-state index contributed by atoms with van der Waals surface area (Å²) in [5.74, 6) is 0.199. The van der Waals surface area contributed by atoms with Crippen molar-refractivity contribution in [2.75, 3.05) is 38.4 Å². The van der Waals surface area contributed by atoms with Gasteiger partial charge in [0.2, 0.25) is 21.8 Å². The third-order valence-electron chi connectivity index (χ3n) is 4.25. The fraction of sp³-hybridized carbons (Fsp3) is 0.300. The molecule has 0 atom stereocenters. The number of aryl methyl sites for hydroxylation is 1. The first-order valence-electron chi connectivity index (χ1n) is 8.95. The van der Waals surface area contributed by atoms with E-state index in [1.165, 1.54) is 52.5 Å². The molecule has 2 aromatic rings. The maximum absolute atomic E-state index is 12.7. The molecule has 2 aromatic carbocycles. The van der Waals surface area contributed by atoms with E-state index in [1.807, 2.05) is 0 Å². The zero-order valence-corrected chi connectivity index (χ0v) is 18.3. The van der Waals surface area contributed by atoms with Gasteiger partial charge in [0.05, 0.1) is 25.7 Å². The Bertz CT molecular complexity index is 1040. The van der Waals surface area contributed by atoms with Gasteiger partial charge in [0.15, 0.2) is 11.5 Å². The molecule has 0 spiro atoms. The van der Waals surface area contributed by atoms with E-state index in [9.17, 15) is 18.0 Å². The van der Waals surface area contributed by atoms with E-state index in [0.717, 1.165) is 9.87 Å². The molecule has 2 N–H and O–H groups in total. The van der Waals surface area contributed by atoms with Crippen LogP contribution in [0.1, 0.15) is 12.5 Å². The van der Waals surface area contributed by atoms with Crippen LogP contribution in [0.15, 0.2) is 41.3 Å². The Hall–Kier alpha value is -3.11. The van der Waals surface area contributed by atoms with Crippen molar-refractivity contribution in [1.29, 1.82) is 0 Å². The highest BCUT2D eigenvalue weighted by atomic mass is 32.2. The smallest absolute Gasteiger partial charge is 0.243 e. The summed E-state index contributed by atoms with van der Waals surface area (Å²) in [6, 6.07) is 9.03. The first-order valence-corrected chi connectivity index (χ1v) is 10.4. The van der Waals surface area contributed by atoms with Crippen LogP contribution < -0.4 is 20.1 Å². The third-order valence-corrected chi connectivity index (χ3v) is 6.07. The molecule has 162 valence electrons. The fourth-order valence-electron chi connectivity index (χ4n) is 2.69. The molecule has 9 nitrogen and oxygen atoms in total. The lowest BCUT2D eigenvalue weighted by Gasteiger charge is -2.18. The summed E-state index contributed by atoms with van der Waals surface area (Å²) >= 11 is 0. The highest BCUT2D eigenvalue weighted by Crippen LogP contribution is 2.32. The van der Waals surface area contributed by atoms with Gasteiger partial charge in [-0.2, -0.15) is 4.31 Å². The van der Waals surface area contributed by atoms with Gasteiger partial charge in [-0.1, -0.05) is 0 Å². The number of hydrogen-bond acceptors (Lipinski definition) is 6. The molecule has 2 amide bonds. The quantitative estimate of drug-likeness (QED) is 0.657. The fourth-order valence-corrected chi connectivity index (χ4v) is 3.81. The first-order chi connectivity index (χ1) is 14.1. The maximum Gasteiger partial charge on any atom is 0.243 e. The predicted molar refractivity (Wildman–Crippen MR) is 113 cm³/mol. The van der Waals surface area contributed by atoms with Gasteiger partial charge in [-0.25, -0.2) is 8.42 Å². The molecule has 0 radical (unpaired) electrons. The van der Waals surface area contributed by atoms with Gasteiger partial charge in [-0.3, -0.25) is 9.59 Å². The number of anilines is 2. The van der Waals surface area contributed by atoms with Crippen LogP contribution >= 0.6 is 0 Å². The number of likely N-dealkylation sites (N-methyl/N-ethyl adjacent to an activating group) is 1. The predicted octanol–water partition coefficient (Wildman–Crippen LogP) is 2.23. The molecular weight excluding hydrogens is 410 g/mol. The lowest BCUT2D eigenvalue weighted by atomic mass is 10.1. The van der Waals surface area contributed by atoms with Crippen molar-refractivity contribution in [2.24, 2.45) is 0 Å². The van der Waals surface area contributed by atoms with Crippen LogP contribution in [-0.4, -0.2) is 52.3 Å². The number of carbonyl (C=O) groups is 2. The van der Waals surface area contributed by atoms with Crippen molar-refractivity contribution < 1.29 is 27.5 Å². The average Bonchev–Trinajstić information content (AvgIpc) is 2.69. The minimum Gasteiger partial charge on any atom is -0.493 e. The molecule has 0 fully saturated rings. The number of nitrogens with zero attached hydrogens (tertiary/aromatic N) is 1. The summed E-state index contributed by atoms with van der Waals surface area (Å²) in [5.41, 5.74) is 1.70. The number of rotatable bonds is 8. The molecule has 2 rings (SSSR count). The maximum atomic E-state index is 12.7. The molecule has 30 heavy (non-hydrogen) atoms. The van der Waals surface area contributed by atoms with Gasteiger partial charge in [-0.05, 0) is 42.8 Å². The molecule has 0 aliphatic rings. The highest BCUT2D eigenvalue weighted by molar-refractivity contribution is 7.89. The molecule has 0 bridgehead atoms. The number of nitrogens with one attached hydrogen (secondary N) is 2. The van der Waals surface area contributed by atoms with Crippen molar-refractivity contribution in [2.45, 2.75) is 18.7 Å². The van der Waals surface area contributed by atoms with Crippen molar-refractivity contribution in [3.05, 3.63) is 42.0 Å². The zero-order valence-electron chi connectivity index (χ0n) is 17.5. The number of ether oxygens (including phenoxy) is 2. The lowest BCUT2D eigenvalue weighted by Crippen LogP contribution is -2.35. The minimum absolute atomic E-state index is 0.00852. The molecule has 0 saturated carbocycles. The van der Waals surface area contributed by atoms with Crippen LogP contribution in [-0.2, 0) is 19.6 Å². The topological polar surface area (TPSA) is 114 Å². The van der Waals surface area contributed by atoms with Gasteiger partial charge in [0, 0.05) is 31.4 Å². The molecule has 0 aliphatic carbocycles. The summed E-state index contributed by atoms with van der Waals surface area (Å²) in [5, 5.41) is 5.26. The molecule has 0 unspecified atom stereocenters. The summed E-state index contributed by atoms with van der Waals surface area (Å²) in [4.78, 5) is 23.5. The van der Waals surface area contributed by atoms with Gasteiger partial charge in [0.25, 0.3) is 0 Å².